The van der Waals surface area contributed by atoms with Crippen LogP contribution in [0.5, 0.6) is 0 Å². The summed E-state index contributed by atoms with van der Waals surface area (Å²) in [5.74, 6) is 0. The minimum atomic E-state index is 0.132. The fourth-order valence-electron chi connectivity index (χ4n) is 2.85. The summed E-state index contributed by atoms with van der Waals surface area (Å²) in [6, 6.07) is 9.62. The molecule has 22 heavy (non-hydrogen) atoms. The highest BCUT2D eigenvalue weighted by Gasteiger charge is 2.04. The zero-order chi connectivity index (χ0) is 15.8. The molecule has 0 saturated carbocycles. The molecule has 0 saturated heterocycles. The van der Waals surface area contributed by atoms with Gasteiger partial charge in [0.1, 0.15) is 0 Å². The van der Waals surface area contributed by atoms with Crippen LogP contribution in [0.3, 0.4) is 0 Å². The Bertz CT molecular complexity index is 682. The number of benzene rings is 1. The zero-order valence-corrected chi connectivity index (χ0v) is 13.8. The van der Waals surface area contributed by atoms with E-state index in [1.807, 2.05) is 31.3 Å². The van der Waals surface area contributed by atoms with E-state index < -0.39 is 0 Å². The van der Waals surface area contributed by atoms with Crippen molar-refractivity contribution >= 4 is 10.9 Å². The van der Waals surface area contributed by atoms with Crippen LogP contribution >= 0.6 is 0 Å². The maximum absolute atomic E-state index is 12.2. The Morgan fingerprint density at radius 3 is 2.64 bits per heavy atom. The van der Waals surface area contributed by atoms with Crippen molar-refractivity contribution in [2.75, 3.05) is 0 Å². The number of hydrogen-bond acceptors (Lipinski definition) is 1. The number of rotatable bonds is 8. The van der Waals surface area contributed by atoms with Crippen molar-refractivity contribution in [3.8, 4) is 0 Å². The molecule has 0 bridgehead atoms. The number of fused-ring (bicyclic) bond motifs is 1. The second kappa shape index (κ2) is 8.57. The molecule has 0 radical (unpaired) electrons. The molecule has 2 rings (SSSR count). The third kappa shape index (κ3) is 4.33. The van der Waals surface area contributed by atoms with Crippen molar-refractivity contribution in [1.82, 2.24) is 4.57 Å². The van der Waals surface area contributed by atoms with Crippen LogP contribution < -0.4 is 5.43 Å². The fraction of sp³-hybridized carbons (Fsp3) is 0.450. The van der Waals surface area contributed by atoms with Crippen LogP contribution in [0.25, 0.3) is 10.9 Å². The molecule has 118 valence electrons. The van der Waals surface area contributed by atoms with Crippen LogP contribution in [-0.2, 0) is 13.5 Å². The van der Waals surface area contributed by atoms with Crippen LogP contribution in [0.15, 0.2) is 47.3 Å². The molecule has 1 aromatic heterocycles. The lowest BCUT2D eigenvalue weighted by Gasteiger charge is -2.11. The molecule has 2 nitrogen and oxygen atoms in total. The molecular weight excluding hydrogens is 270 g/mol. The van der Waals surface area contributed by atoms with E-state index in [0.717, 1.165) is 29.4 Å². The Morgan fingerprint density at radius 2 is 1.82 bits per heavy atom. The average molecular weight is 297 g/mol. The van der Waals surface area contributed by atoms with Crippen LogP contribution in [0, 0.1) is 0 Å². The third-order valence-corrected chi connectivity index (χ3v) is 4.22. The summed E-state index contributed by atoms with van der Waals surface area (Å²) >= 11 is 0. The predicted molar refractivity (Wildman–Crippen MR) is 95.4 cm³/mol. The maximum atomic E-state index is 12.2. The quantitative estimate of drug-likeness (QED) is 0.496. The van der Waals surface area contributed by atoms with Crippen LogP contribution in [0.4, 0.5) is 0 Å². The van der Waals surface area contributed by atoms with E-state index in [2.05, 4.69) is 23.6 Å². The molecule has 0 aliphatic carbocycles. The lowest BCUT2D eigenvalue weighted by Crippen LogP contribution is -2.11. The Labute approximate surface area is 133 Å². The maximum Gasteiger partial charge on any atom is 0.189 e. The van der Waals surface area contributed by atoms with Gasteiger partial charge in [-0.3, -0.25) is 4.79 Å². The minimum Gasteiger partial charge on any atom is -0.347 e. The van der Waals surface area contributed by atoms with E-state index in [1.165, 1.54) is 32.1 Å². The second-order valence-electron chi connectivity index (χ2n) is 5.94. The fourth-order valence-corrected chi connectivity index (χ4v) is 2.85. The summed E-state index contributed by atoms with van der Waals surface area (Å²) in [5.41, 5.74) is 2.26. The Hall–Kier alpha value is -1.83. The van der Waals surface area contributed by atoms with Gasteiger partial charge in [-0.05, 0) is 37.8 Å². The number of allylic oxidation sites excluding steroid dienone is 2. The first-order valence-corrected chi connectivity index (χ1v) is 8.46. The highest BCUT2D eigenvalue weighted by molar-refractivity contribution is 5.79. The second-order valence-corrected chi connectivity index (χ2v) is 5.94. The van der Waals surface area contributed by atoms with Gasteiger partial charge in [0.25, 0.3) is 0 Å². The molecule has 1 aromatic carbocycles. The Balaban J connectivity index is 1.94. The summed E-state index contributed by atoms with van der Waals surface area (Å²) in [4.78, 5) is 12.2. The molecule has 0 N–H and O–H groups in total. The van der Waals surface area contributed by atoms with Gasteiger partial charge in [-0.2, -0.15) is 0 Å². The average Bonchev–Trinajstić information content (AvgIpc) is 2.54. The Morgan fingerprint density at radius 1 is 1.05 bits per heavy atom. The first-order chi connectivity index (χ1) is 10.7. The van der Waals surface area contributed by atoms with Gasteiger partial charge in [0.2, 0.25) is 0 Å². The molecule has 1 heterocycles. The molecule has 0 atom stereocenters. The Kier molecular flexibility index (Phi) is 6.45. The van der Waals surface area contributed by atoms with Gasteiger partial charge in [-0.1, -0.05) is 50.5 Å². The lowest BCUT2D eigenvalue weighted by molar-refractivity contribution is 0.673. The highest BCUT2D eigenvalue weighted by Crippen LogP contribution is 2.12. The van der Waals surface area contributed by atoms with Crippen molar-refractivity contribution in [1.29, 1.82) is 0 Å². The molecular formula is C20H27NO. The summed E-state index contributed by atoms with van der Waals surface area (Å²) in [5, 5.41) is 0.806. The number of nitrogens with zero attached hydrogens (tertiary/aromatic N) is 1. The van der Waals surface area contributed by atoms with Gasteiger partial charge in [0.15, 0.2) is 5.43 Å². The molecule has 0 spiro atoms. The van der Waals surface area contributed by atoms with E-state index in [1.54, 1.807) is 6.07 Å². The summed E-state index contributed by atoms with van der Waals surface area (Å²) in [6.07, 6.45) is 12.9. The van der Waals surface area contributed by atoms with E-state index in [-0.39, 0.29) is 5.43 Å². The van der Waals surface area contributed by atoms with Gasteiger partial charge >= 0.3 is 0 Å². The first-order valence-electron chi connectivity index (χ1n) is 8.46. The summed E-state index contributed by atoms with van der Waals surface area (Å²) in [6.45, 7) is 2.24. The molecule has 0 amide bonds. The molecule has 0 aliphatic heterocycles. The van der Waals surface area contributed by atoms with E-state index in [0.29, 0.717) is 0 Å². The monoisotopic (exact) mass is 297 g/mol. The third-order valence-electron chi connectivity index (χ3n) is 4.22. The van der Waals surface area contributed by atoms with E-state index in [4.69, 9.17) is 0 Å². The minimum absolute atomic E-state index is 0.132. The largest absolute Gasteiger partial charge is 0.347 e. The number of hydrogen-bond donors (Lipinski definition) is 0. The van der Waals surface area contributed by atoms with E-state index in [9.17, 15) is 4.79 Å². The first kappa shape index (κ1) is 16.5. The molecule has 0 unspecified atom stereocenters. The van der Waals surface area contributed by atoms with Crippen molar-refractivity contribution in [3.63, 3.8) is 0 Å². The van der Waals surface area contributed by atoms with Crippen molar-refractivity contribution in [2.45, 2.75) is 51.9 Å². The number of pyridine rings is 1. The number of aryl methyl sites for hydroxylation is 2. The smallest absolute Gasteiger partial charge is 0.189 e. The number of unbranched alkanes of at least 4 members (excludes halogenated alkanes) is 4. The number of para-hydroxylation sites is 1. The summed E-state index contributed by atoms with van der Waals surface area (Å²) < 4.78 is 2.14. The normalized spacial score (nSPS) is 11.5. The van der Waals surface area contributed by atoms with Gasteiger partial charge in [-0.15, -0.1) is 0 Å². The molecule has 0 fully saturated rings. The van der Waals surface area contributed by atoms with Crippen LogP contribution in [0.2, 0.25) is 0 Å². The SMILES string of the molecule is CCCCCC/C=C\CCc1cc(=O)c2ccccc2n1C. The van der Waals surface area contributed by atoms with Crippen molar-refractivity contribution in [3.05, 3.63) is 58.4 Å². The topological polar surface area (TPSA) is 22.0 Å². The van der Waals surface area contributed by atoms with Crippen molar-refractivity contribution in [2.24, 2.45) is 7.05 Å². The molecule has 2 aromatic rings. The number of aromatic nitrogens is 1. The van der Waals surface area contributed by atoms with Gasteiger partial charge < -0.3 is 4.57 Å². The summed E-state index contributed by atoms with van der Waals surface area (Å²) in [7, 11) is 2.05. The van der Waals surface area contributed by atoms with Crippen molar-refractivity contribution < 1.29 is 0 Å². The van der Waals surface area contributed by atoms with E-state index >= 15 is 0 Å². The van der Waals surface area contributed by atoms with Crippen LogP contribution in [-0.4, -0.2) is 4.57 Å². The molecule has 2 heteroatoms. The van der Waals surface area contributed by atoms with Gasteiger partial charge in [0, 0.05) is 24.2 Å². The van der Waals surface area contributed by atoms with Gasteiger partial charge in [0.05, 0.1) is 5.52 Å². The van der Waals surface area contributed by atoms with Gasteiger partial charge in [-0.25, -0.2) is 0 Å². The zero-order valence-electron chi connectivity index (χ0n) is 13.8. The van der Waals surface area contributed by atoms with Crippen LogP contribution in [0.1, 0.15) is 51.1 Å². The standard InChI is InChI=1S/C20H27NO/c1-3-4-5-6-7-8-9-10-13-17-16-20(22)18-14-11-12-15-19(18)21(17)2/h8-9,11-12,14-16H,3-7,10,13H2,1-2H3/b9-8-. The molecule has 0 aliphatic rings. The highest BCUT2D eigenvalue weighted by atomic mass is 16.1. The predicted octanol–water partition coefficient (Wildman–Crippen LogP) is 5.00. The lowest BCUT2D eigenvalue weighted by atomic mass is 10.1.